The van der Waals surface area contributed by atoms with Gasteiger partial charge in [0.05, 0.1) is 11.8 Å². The van der Waals surface area contributed by atoms with Gasteiger partial charge in [-0.05, 0) is 50.0 Å². The van der Waals surface area contributed by atoms with Crippen molar-refractivity contribution >= 4 is 28.6 Å². The zero-order valence-corrected chi connectivity index (χ0v) is 19.0. The maximum absolute atomic E-state index is 13.2. The quantitative estimate of drug-likeness (QED) is 0.396. The third kappa shape index (κ3) is 5.44. The van der Waals surface area contributed by atoms with Crippen molar-refractivity contribution < 1.29 is 18.4 Å². The van der Waals surface area contributed by atoms with Gasteiger partial charge in [-0.25, -0.2) is 4.79 Å². The van der Waals surface area contributed by atoms with Crippen LogP contribution in [0.15, 0.2) is 80.6 Å². The summed E-state index contributed by atoms with van der Waals surface area (Å²) in [6.07, 6.45) is 1.69. The van der Waals surface area contributed by atoms with Crippen molar-refractivity contribution in [1.29, 1.82) is 0 Å². The lowest BCUT2D eigenvalue weighted by Gasteiger charge is -2.18. The molecule has 0 aliphatic heterocycles. The van der Waals surface area contributed by atoms with Crippen molar-refractivity contribution in [2.75, 3.05) is 26.0 Å². The summed E-state index contributed by atoms with van der Waals surface area (Å²) in [5, 5.41) is 5.60. The number of aromatic nitrogens is 1. The van der Waals surface area contributed by atoms with Crippen molar-refractivity contribution in [3.05, 3.63) is 88.8 Å². The summed E-state index contributed by atoms with van der Waals surface area (Å²) in [5.74, 6) is -1.21. The smallest absolute Gasteiger partial charge is 0.419 e. The Hall–Kier alpha value is -4.11. The van der Waals surface area contributed by atoms with Gasteiger partial charge in [0.1, 0.15) is 6.04 Å². The third-order valence-corrected chi connectivity index (χ3v) is 5.36. The van der Waals surface area contributed by atoms with Crippen LogP contribution in [0, 0.1) is 0 Å². The van der Waals surface area contributed by atoms with Gasteiger partial charge in [0.15, 0.2) is 11.3 Å². The number of benzene rings is 2. The van der Waals surface area contributed by atoms with Crippen LogP contribution in [0.2, 0.25) is 0 Å². The molecule has 0 saturated carbocycles. The number of carbonyl (C=O) groups excluding carboxylic acids is 2. The normalized spacial score (nSPS) is 12.1. The molecule has 0 radical (unpaired) electrons. The number of carbonyl (C=O) groups is 2. The first-order valence-corrected chi connectivity index (χ1v) is 10.9. The van der Waals surface area contributed by atoms with Gasteiger partial charge in [-0.1, -0.05) is 30.3 Å². The molecule has 4 aromatic rings. The molecule has 0 fully saturated rings. The van der Waals surface area contributed by atoms with E-state index in [4.69, 9.17) is 8.83 Å². The van der Waals surface area contributed by atoms with Crippen LogP contribution >= 0.6 is 0 Å². The van der Waals surface area contributed by atoms with Gasteiger partial charge in [-0.15, -0.1) is 0 Å². The average molecular weight is 463 g/mol. The molecule has 0 bridgehead atoms. The maximum atomic E-state index is 13.2. The molecule has 176 valence electrons. The summed E-state index contributed by atoms with van der Waals surface area (Å²) >= 11 is 0. The Balaban J connectivity index is 1.56. The molecule has 2 amide bonds. The van der Waals surface area contributed by atoms with Crippen LogP contribution in [0.3, 0.4) is 0 Å². The van der Waals surface area contributed by atoms with E-state index < -0.39 is 23.6 Å². The molecule has 9 heteroatoms. The molecule has 1 atom stereocenters. The third-order valence-electron chi connectivity index (χ3n) is 5.36. The Labute approximate surface area is 196 Å². The van der Waals surface area contributed by atoms with Gasteiger partial charge in [0.25, 0.3) is 5.91 Å². The zero-order valence-electron chi connectivity index (χ0n) is 19.0. The van der Waals surface area contributed by atoms with E-state index in [0.29, 0.717) is 36.3 Å². The van der Waals surface area contributed by atoms with Crippen molar-refractivity contribution in [2.45, 2.75) is 19.0 Å². The standard InChI is InChI=1S/C25H26N4O5/c1-28(2)12-13-29-20-16-18(10-11-21(20)34-25(29)32)26-23(30)19(15-17-7-4-3-5-8-17)27-24(31)22-9-6-14-33-22/h3-11,14,16,19H,12-13,15H2,1-2H3,(H,26,30)(H,27,31). The Morgan fingerprint density at radius 1 is 1.06 bits per heavy atom. The average Bonchev–Trinajstić information content (AvgIpc) is 3.45. The largest absolute Gasteiger partial charge is 0.459 e. The van der Waals surface area contributed by atoms with Gasteiger partial charge in [0.2, 0.25) is 5.91 Å². The van der Waals surface area contributed by atoms with Gasteiger partial charge < -0.3 is 24.4 Å². The molecule has 0 saturated heterocycles. The lowest BCUT2D eigenvalue weighted by atomic mass is 10.0. The van der Waals surface area contributed by atoms with Gasteiger partial charge >= 0.3 is 5.76 Å². The Kier molecular flexibility index (Phi) is 6.93. The number of oxazole rings is 1. The lowest BCUT2D eigenvalue weighted by Crippen LogP contribution is -2.45. The van der Waals surface area contributed by atoms with Crippen LogP contribution in [0.5, 0.6) is 0 Å². The number of furan rings is 1. The van der Waals surface area contributed by atoms with Crippen LogP contribution in [-0.4, -0.2) is 48.0 Å². The minimum atomic E-state index is -0.851. The topological polar surface area (TPSA) is 110 Å². The van der Waals surface area contributed by atoms with E-state index in [0.717, 1.165) is 5.56 Å². The SMILES string of the molecule is CN(C)CCn1c(=O)oc2ccc(NC(=O)C(Cc3ccccc3)NC(=O)c3ccco3)cc21. The highest BCUT2D eigenvalue weighted by Crippen LogP contribution is 2.19. The van der Waals surface area contributed by atoms with Crippen LogP contribution in [0.4, 0.5) is 5.69 Å². The number of nitrogens with one attached hydrogen (secondary N) is 2. The van der Waals surface area contributed by atoms with Crippen LogP contribution in [0.25, 0.3) is 11.1 Å². The molecule has 2 aromatic heterocycles. The Bertz CT molecular complexity index is 1320. The summed E-state index contributed by atoms with van der Waals surface area (Å²) in [6.45, 7) is 1.11. The fourth-order valence-corrected chi connectivity index (χ4v) is 3.58. The molecule has 0 aliphatic carbocycles. The van der Waals surface area contributed by atoms with E-state index in [-0.39, 0.29) is 5.76 Å². The number of amides is 2. The number of fused-ring (bicyclic) bond motifs is 1. The number of hydrogen-bond donors (Lipinski definition) is 2. The van der Waals surface area contributed by atoms with Crippen LogP contribution in [-0.2, 0) is 17.8 Å². The summed E-state index contributed by atoms with van der Waals surface area (Å²) in [4.78, 5) is 40.0. The number of hydrogen-bond acceptors (Lipinski definition) is 6. The predicted octanol–water partition coefficient (Wildman–Crippen LogP) is 2.73. The zero-order chi connectivity index (χ0) is 24.1. The number of rotatable bonds is 9. The molecule has 2 aromatic carbocycles. The number of anilines is 1. The van der Waals surface area contributed by atoms with Crippen LogP contribution in [0.1, 0.15) is 16.1 Å². The summed E-state index contributed by atoms with van der Waals surface area (Å²) < 4.78 is 12.0. The molecule has 9 nitrogen and oxygen atoms in total. The lowest BCUT2D eigenvalue weighted by molar-refractivity contribution is -0.118. The first kappa shape index (κ1) is 23.1. The monoisotopic (exact) mass is 462 g/mol. The minimum absolute atomic E-state index is 0.121. The molecule has 0 spiro atoms. The highest BCUT2D eigenvalue weighted by atomic mass is 16.4. The van der Waals surface area contributed by atoms with Crippen molar-refractivity contribution in [3.8, 4) is 0 Å². The summed E-state index contributed by atoms with van der Waals surface area (Å²) in [7, 11) is 3.84. The molecule has 1 unspecified atom stereocenters. The highest BCUT2D eigenvalue weighted by Gasteiger charge is 2.23. The minimum Gasteiger partial charge on any atom is -0.459 e. The van der Waals surface area contributed by atoms with Gasteiger partial charge in [0, 0.05) is 25.2 Å². The fraction of sp³-hybridized carbons (Fsp3) is 0.240. The summed E-state index contributed by atoms with van der Waals surface area (Å²) in [5.41, 5.74) is 2.41. The van der Waals surface area contributed by atoms with E-state index in [1.165, 1.54) is 16.9 Å². The molecule has 0 aliphatic rings. The fourth-order valence-electron chi connectivity index (χ4n) is 3.58. The molecule has 2 heterocycles. The van der Waals surface area contributed by atoms with E-state index in [1.54, 1.807) is 24.3 Å². The second-order valence-corrected chi connectivity index (χ2v) is 8.19. The van der Waals surface area contributed by atoms with Gasteiger partial charge in [-0.2, -0.15) is 0 Å². The predicted molar refractivity (Wildman–Crippen MR) is 128 cm³/mol. The molecule has 4 rings (SSSR count). The molecular weight excluding hydrogens is 436 g/mol. The van der Waals surface area contributed by atoms with Crippen molar-refractivity contribution in [2.24, 2.45) is 0 Å². The van der Waals surface area contributed by atoms with E-state index >= 15 is 0 Å². The molecular formula is C25H26N4O5. The first-order valence-electron chi connectivity index (χ1n) is 10.9. The molecule has 34 heavy (non-hydrogen) atoms. The first-order chi connectivity index (χ1) is 16.4. The Morgan fingerprint density at radius 3 is 2.56 bits per heavy atom. The van der Waals surface area contributed by atoms with Crippen molar-refractivity contribution in [3.63, 3.8) is 0 Å². The van der Waals surface area contributed by atoms with Crippen molar-refractivity contribution in [1.82, 2.24) is 14.8 Å². The second kappa shape index (κ2) is 10.2. The second-order valence-electron chi connectivity index (χ2n) is 8.19. The highest BCUT2D eigenvalue weighted by molar-refractivity contribution is 6.01. The number of nitrogens with zero attached hydrogens (tertiary/aromatic N) is 2. The van der Waals surface area contributed by atoms with E-state index in [1.807, 2.05) is 49.3 Å². The van der Waals surface area contributed by atoms with Gasteiger partial charge in [-0.3, -0.25) is 14.2 Å². The maximum Gasteiger partial charge on any atom is 0.419 e. The van der Waals surface area contributed by atoms with E-state index in [9.17, 15) is 14.4 Å². The molecule has 2 N–H and O–H groups in total. The summed E-state index contributed by atoms with van der Waals surface area (Å²) in [6, 6.07) is 16.7. The number of likely N-dealkylation sites (N-methyl/N-ethyl adjacent to an activating group) is 1. The van der Waals surface area contributed by atoms with E-state index in [2.05, 4.69) is 10.6 Å². The Morgan fingerprint density at radius 2 is 1.85 bits per heavy atom. The van der Waals surface area contributed by atoms with Crippen LogP contribution < -0.4 is 16.4 Å².